The summed E-state index contributed by atoms with van der Waals surface area (Å²) in [4.78, 5) is 23.7. The van der Waals surface area contributed by atoms with Gasteiger partial charge in [0.15, 0.2) is 5.78 Å². The maximum atomic E-state index is 12.1. The van der Waals surface area contributed by atoms with E-state index in [-0.39, 0.29) is 24.5 Å². The van der Waals surface area contributed by atoms with Gasteiger partial charge in [-0.3, -0.25) is 9.59 Å². The molecule has 0 saturated heterocycles. The van der Waals surface area contributed by atoms with Gasteiger partial charge in [0.1, 0.15) is 0 Å². The molecule has 0 aromatic heterocycles. The molecule has 0 saturated carbocycles. The van der Waals surface area contributed by atoms with Crippen LogP contribution in [0.4, 0.5) is 0 Å². The molecule has 4 heteroatoms. The maximum Gasteiger partial charge on any atom is 0.220 e. The van der Waals surface area contributed by atoms with E-state index in [1.54, 1.807) is 0 Å². The molecule has 0 unspecified atom stereocenters. The third kappa shape index (κ3) is 5.53. The number of aryl methyl sites for hydroxylation is 2. The molecular weight excluding hydrogens is 252 g/mol. The van der Waals surface area contributed by atoms with Crippen molar-refractivity contribution in [1.29, 1.82) is 0 Å². The summed E-state index contributed by atoms with van der Waals surface area (Å²) >= 11 is 0. The molecule has 4 nitrogen and oxygen atoms in total. The second-order valence-corrected chi connectivity index (χ2v) is 4.95. The Kier molecular flexibility index (Phi) is 6.94. The van der Waals surface area contributed by atoms with Crippen LogP contribution in [0.25, 0.3) is 0 Å². The van der Waals surface area contributed by atoms with E-state index in [4.69, 9.17) is 0 Å². The normalized spacial score (nSPS) is 10.3. The van der Waals surface area contributed by atoms with Crippen molar-refractivity contribution in [2.75, 3.05) is 19.6 Å². The Labute approximate surface area is 121 Å². The van der Waals surface area contributed by atoms with Crippen LogP contribution in [0.2, 0.25) is 0 Å². The lowest BCUT2D eigenvalue weighted by Crippen LogP contribution is -2.31. The first-order chi connectivity index (χ1) is 9.54. The monoisotopic (exact) mass is 276 g/mol. The summed E-state index contributed by atoms with van der Waals surface area (Å²) in [5.74, 6) is -0.0328. The van der Waals surface area contributed by atoms with Gasteiger partial charge in [-0.2, -0.15) is 0 Å². The fraction of sp³-hybridized carbons (Fsp3) is 0.500. The zero-order valence-corrected chi connectivity index (χ0v) is 12.6. The smallest absolute Gasteiger partial charge is 0.220 e. The van der Waals surface area contributed by atoms with Crippen LogP contribution < -0.4 is 10.6 Å². The lowest BCUT2D eigenvalue weighted by atomic mass is 9.99. The highest BCUT2D eigenvalue weighted by Gasteiger charge is 2.11. The highest BCUT2D eigenvalue weighted by Crippen LogP contribution is 2.13. The molecule has 0 aliphatic rings. The molecule has 0 spiro atoms. The van der Waals surface area contributed by atoms with Crippen molar-refractivity contribution in [1.82, 2.24) is 10.6 Å². The molecule has 0 aliphatic heterocycles. The van der Waals surface area contributed by atoms with Gasteiger partial charge in [-0.1, -0.05) is 24.6 Å². The van der Waals surface area contributed by atoms with Crippen molar-refractivity contribution >= 4 is 11.7 Å². The van der Waals surface area contributed by atoms with Crippen LogP contribution in [0, 0.1) is 13.8 Å². The van der Waals surface area contributed by atoms with Gasteiger partial charge in [0, 0.05) is 31.5 Å². The molecule has 1 aromatic carbocycles. The quantitative estimate of drug-likeness (QED) is 0.564. The largest absolute Gasteiger partial charge is 0.355 e. The maximum absolute atomic E-state index is 12.1. The summed E-state index contributed by atoms with van der Waals surface area (Å²) in [6, 6.07) is 5.82. The van der Waals surface area contributed by atoms with Crippen LogP contribution in [-0.4, -0.2) is 31.3 Å². The number of benzene rings is 1. The Bertz CT molecular complexity index is 470. The van der Waals surface area contributed by atoms with Crippen molar-refractivity contribution in [3.8, 4) is 0 Å². The number of hydrogen-bond donors (Lipinski definition) is 2. The molecule has 0 atom stereocenters. The highest BCUT2D eigenvalue weighted by atomic mass is 16.2. The minimum Gasteiger partial charge on any atom is -0.355 e. The first-order valence-corrected chi connectivity index (χ1v) is 7.12. The summed E-state index contributed by atoms with van der Waals surface area (Å²) in [5, 5.41) is 5.92. The number of likely N-dealkylation sites (N-methyl/N-ethyl adjacent to an activating group) is 1. The second-order valence-electron chi connectivity index (χ2n) is 4.95. The summed E-state index contributed by atoms with van der Waals surface area (Å²) in [7, 11) is 0. The Morgan fingerprint density at radius 1 is 1.10 bits per heavy atom. The number of hydrogen-bond acceptors (Lipinski definition) is 3. The average molecular weight is 276 g/mol. The molecule has 1 aromatic rings. The predicted molar refractivity (Wildman–Crippen MR) is 81.0 cm³/mol. The van der Waals surface area contributed by atoms with Crippen LogP contribution in [0.1, 0.15) is 41.3 Å². The first kappa shape index (κ1) is 16.4. The summed E-state index contributed by atoms with van der Waals surface area (Å²) in [5.41, 5.74) is 2.76. The Morgan fingerprint density at radius 3 is 2.55 bits per heavy atom. The second kappa shape index (κ2) is 8.48. The minimum absolute atomic E-state index is 0.0352. The lowest BCUT2D eigenvalue weighted by molar-refractivity contribution is -0.121. The van der Waals surface area contributed by atoms with Gasteiger partial charge in [-0.05, 0) is 32.0 Å². The molecule has 20 heavy (non-hydrogen) atoms. The van der Waals surface area contributed by atoms with Gasteiger partial charge in [-0.15, -0.1) is 0 Å². The summed E-state index contributed by atoms with van der Waals surface area (Å²) in [6.07, 6.45) is 0.510. The highest BCUT2D eigenvalue weighted by molar-refractivity contribution is 5.99. The van der Waals surface area contributed by atoms with Gasteiger partial charge in [0.2, 0.25) is 5.91 Å². The van der Waals surface area contributed by atoms with Gasteiger partial charge in [0.05, 0.1) is 0 Å². The zero-order valence-electron chi connectivity index (χ0n) is 12.6. The van der Waals surface area contributed by atoms with Crippen molar-refractivity contribution < 1.29 is 9.59 Å². The molecule has 2 N–H and O–H groups in total. The average Bonchev–Trinajstić information content (AvgIpc) is 2.43. The van der Waals surface area contributed by atoms with Crippen LogP contribution in [0.3, 0.4) is 0 Å². The summed E-state index contributed by atoms with van der Waals surface area (Å²) in [6.45, 7) is 8.15. The number of amides is 1. The van der Waals surface area contributed by atoms with Crippen molar-refractivity contribution in [3.05, 3.63) is 34.9 Å². The predicted octanol–water partition coefficient (Wildman–Crippen LogP) is 1.99. The van der Waals surface area contributed by atoms with Crippen molar-refractivity contribution in [2.45, 2.75) is 33.6 Å². The van der Waals surface area contributed by atoms with Crippen molar-refractivity contribution in [2.24, 2.45) is 0 Å². The molecule has 1 amide bonds. The standard InChI is InChI=1S/C16H24N2O2/c1-4-17-9-10-18-16(20)8-7-15(19)14-11-12(2)5-6-13(14)3/h5-6,11,17H,4,7-10H2,1-3H3,(H,18,20). The molecule has 1 rings (SSSR count). The Morgan fingerprint density at radius 2 is 1.85 bits per heavy atom. The van der Waals surface area contributed by atoms with Gasteiger partial charge in [0.25, 0.3) is 0 Å². The number of carbonyl (C=O) groups is 2. The Hall–Kier alpha value is -1.68. The van der Waals surface area contributed by atoms with E-state index in [0.717, 1.165) is 29.8 Å². The third-order valence-corrected chi connectivity index (χ3v) is 3.15. The van der Waals surface area contributed by atoms with Crippen LogP contribution in [-0.2, 0) is 4.79 Å². The molecule has 0 fully saturated rings. The zero-order chi connectivity index (χ0) is 15.0. The minimum atomic E-state index is -0.0680. The van der Waals surface area contributed by atoms with E-state index in [9.17, 15) is 9.59 Å². The van der Waals surface area contributed by atoms with E-state index >= 15 is 0 Å². The fourth-order valence-electron chi connectivity index (χ4n) is 1.95. The number of ketones is 1. The number of carbonyl (C=O) groups excluding carboxylic acids is 2. The third-order valence-electron chi connectivity index (χ3n) is 3.15. The van der Waals surface area contributed by atoms with E-state index < -0.39 is 0 Å². The molecule has 0 radical (unpaired) electrons. The van der Waals surface area contributed by atoms with Crippen LogP contribution >= 0.6 is 0 Å². The number of rotatable bonds is 8. The van der Waals surface area contributed by atoms with Crippen LogP contribution in [0.5, 0.6) is 0 Å². The van der Waals surface area contributed by atoms with E-state index in [1.807, 2.05) is 39.0 Å². The first-order valence-electron chi connectivity index (χ1n) is 7.12. The molecular formula is C16H24N2O2. The SMILES string of the molecule is CCNCCNC(=O)CCC(=O)c1cc(C)ccc1C. The van der Waals surface area contributed by atoms with Gasteiger partial charge >= 0.3 is 0 Å². The van der Waals surface area contributed by atoms with E-state index in [1.165, 1.54) is 0 Å². The van der Waals surface area contributed by atoms with Gasteiger partial charge < -0.3 is 10.6 Å². The van der Waals surface area contributed by atoms with Crippen LogP contribution in [0.15, 0.2) is 18.2 Å². The molecule has 110 valence electrons. The van der Waals surface area contributed by atoms with Gasteiger partial charge in [-0.25, -0.2) is 0 Å². The molecule has 0 heterocycles. The number of nitrogens with one attached hydrogen (secondary N) is 2. The van der Waals surface area contributed by atoms with Crippen molar-refractivity contribution in [3.63, 3.8) is 0 Å². The fourth-order valence-corrected chi connectivity index (χ4v) is 1.95. The lowest BCUT2D eigenvalue weighted by Gasteiger charge is -2.07. The Balaban J connectivity index is 2.39. The van der Waals surface area contributed by atoms with E-state index in [2.05, 4.69) is 10.6 Å². The molecule has 0 aliphatic carbocycles. The number of Topliss-reactive ketones (excluding diaryl/α,β-unsaturated/α-hetero) is 1. The topological polar surface area (TPSA) is 58.2 Å². The molecule has 0 bridgehead atoms. The summed E-state index contributed by atoms with van der Waals surface area (Å²) < 4.78 is 0. The van der Waals surface area contributed by atoms with E-state index in [0.29, 0.717) is 6.54 Å².